The van der Waals surface area contributed by atoms with Gasteiger partial charge in [-0.05, 0) is 31.7 Å². The number of hydrogen-bond donors (Lipinski definition) is 5. The minimum absolute atomic E-state index is 0.0313. The van der Waals surface area contributed by atoms with Crippen LogP contribution in [0, 0.1) is 5.92 Å². The van der Waals surface area contributed by atoms with Crippen molar-refractivity contribution in [3.05, 3.63) is 0 Å². The van der Waals surface area contributed by atoms with E-state index >= 15 is 0 Å². The normalized spacial score (nSPS) is 15.7. The van der Waals surface area contributed by atoms with Crippen molar-refractivity contribution in [3.8, 4) is 0 Å². The van der Waals surface area contributed by atoms with Gasteiger partial charge in [-0.3, -0.25) is 33.9 Å². The average molecular weight is 647 g/mol. The lowest BCUT2D eigenvalue weighted by Gasteiger charge is -2.32. The lowest BCUT2D eigenvalue weighted by molar-refractivity contribution is -0.138. The second kappa shape index (κ2) is 31.3. The van der Waals surface area contributed by atoms with Gasteiger partial charge in [0.2, 0.25) is 11.8 Å². The van der Waals surface area contributed by atoms with Gasteiger partial charge in [0, 0.05) is 79.0 Å². The molecule has 0 aromatic rings. The van der Waals surface area contributed by atoms with Gasteiger partial charge in [-0.25, -0.2) is 0 Å². The highest BCUT2D eigenvalue weighted by atomic mass is 16.4. The first-order valence-electron chi connectivity index (χ1n) is 16.3. The molecule has 1 aliphatic heterocycles. The molecule has 0 aromatic heterocycles. The van der Waals surface area contributed by atoms with Gasteiger partial charge in [0.25, 0.3) is 6.47 Å². The Kier molecular flexibility index (Phi) is 31.0. The van der Waals surface area contributed by atoms with E-state index in [-0.39, 0.29) is 31.4 Å². The summed E-state index contributed by atoms with van der Waals surface area (Å²) >= 11 is 0. The molecule has 2 amide bonds. The number of carbonyl (C=O) groups is 5. The molecular formula is C31H62N6O8. The quantitative estimate of drug-likeness (QED) is 0.103. The van der Waals surface area contributed by atoms with Crippen LogP contribution in [0.25, 0.3) is 0 Å². The van der Waals surface area contributed by atoms with E-state index in [1.165, 1.54) is 6.42 Å². The molecule has 14 heteroatoms. The van der Waals surface area contributed by atoms with E-state index in [1.54, 1.807) is 0 Å². The Morgan fingerprint density at radius 3 is 1.67 bits per heavy atom. The average Bonchev–Trinajstić information content (AvgIpc) is 2.99. The van der Waals surface area contributed by atoms with E-state index in [9.17, 15) is 24.3 Å². The second-order valence-corrected chi connectivity index (χ2v) is 11.4. The van der Waals surface area contributed by atoms with Crippen LogP contribution in [-0.4, -0.2) is 164 Å². The van der Waals surface area contributed by atoms with Gasteiger partial charge >= 0.3 is 5.97 Å². The Hall–Kier alpha value is -2.65. The van der Waals surface area contributed by atoms with E-state index in [2.05, 4.69) is 46.1 Å². The van der Waals surface area contributed by atoms with Crippen molar-refractivity contribution < 1.29 is 39.3 Å². The summed E-state index contributed by atoms with van der Waals surface area (Å²) in [5.74, 6) is -0.0965. The number of carbonyl (C=O) groups excluding carboxylic acids is 3. The molecule has 0 unspecified atom stereocenters. The van der Waals surface area contributed by atoms with Gasteiger partial charge in [-0.2, -0.15) is 0 Å². The van der Waals surface area contributed by atoms with Crippen LogP contribution < -0.4 is 10.6 Å². The van der Waals surface area contributed by atoms with Gasteiger partial charge in [0.05, 0.1) is 19.6 Å². The smallest absolute Gasteiger partial charge is 0.317 e. The highest BCUT2D eigenvalue weighted by molar-refractivity contribution is 5.78. The molecule has 1 aliphatic rings. The molecule has 0 saturated carbocycles. The van der Waals surface area contributed by atoms with Gasteiger partial charge in [0.1, 0.15) is 6.29 Å². The van der Waals surface area contributed by atoms with Crippen LogP contribution in [0.5, 0.6) is 0 Å². The first-order valence-corrected chi connectivity index (χ1v) is 16.3. The van der Waals surface area contributed by atoms with Crippen LogP contribution in [0.15, 0.2) is 0 Å². The van der Waals surface area contributed by atoms with E-state index in [1.807, 2.05) is 4.90 Å². The molecule has 14 nitrogen and oxygen atoms in total. The van der Waals surface area contributed by atoms with Crippen LogP contribution in [0.4, 0.5) is 0 Å². The third-order valence-corrected chi connectivity index (χ3v) is 7.37. The predicted octanol–water partition coefficient (Wildman–Crippen LogP) is 0.440. The van der Waals surface area contributed by atoms with E-state index in [4.69, 9.17) is 15.0 Å². The van der Waals surface area contributed by atoms with Crippen molar-refractivity contribution in [3.63, 3.8) is 0 Å². The monoisotopic (exact) mass is 646 g/mol. The molecule has 0 bridgehead atoms. The number of hydrogen-bond acceptors (Lipinski definition) is 10. The predicted molar refractivity (Wildman–Crippen MR) is 175 cm³/mol. The minimum atomic E-state index is -0.880. The standard InChI is InChI=1S/C29H56N6O5.CH2O2.CH4O/c1-4-32-14-16-33(22-23-36)17-19-35(25-29(39)40)21-20-34(18-15-32)24-28(38)31-12-8-5-6-11-27(37)30-13-9-7-10-26(2)3;2-1-3;1-2/h23,26H,4-22,24-25H2,1-3H3,(H,30,37)(H,31,38)(H,39,40);1H,(H,2,3);2H,1H3. The Morgan fingerprint density at radius 2 is 1.18 bits per heavy atom. The summed E-state index contributed by atoms with van der Waals surface area (Å²) in [6.07, 6.45) is 7.34. The number of aldehydes is 1. The molecule has 1 fully saturated rings. The number of carboxylic acid groups (broad SMARTS) is 2. The molecule has 5 N–H and O–H groups in total. The number of likely N-dealkylation sites (N-methyl/N-ethyl adjacent to an activating group) is 1. The zero-order valence-corrected chi connectivity index (χ0v) is 28.3. The molecule has 0 spiro atoms. The van der Waals surface area contributed by atoms with Crippen molar-refractivity contribution >= 4 is 30.5 Å². The third-order valence-electron chi connectivity index (χ3n) is 7.37. The van der Waals surface area contributed by atoms with Crippen molar-refractivity contribution in [1.29, 1.82) is 0 Å². The van der Waals surface area contributed by atoms with Crippen LogP contribution >= 0.6 is 0 Å². The third kappa shape index (κ3) is 28.6. The first-order chi connectivity index (χ1) is 21.6. The summed E-state index contributed by atoms with van der Waals surface area (Å²) < 4.78 is 0. The zero-order valence-electron chi connectivity index (χ0n) is 28.3. The van der Waals surface area contributed by atoms with Crippen LogP contribution in [0.1, 0.15) is 65.7 Å². The lowest BCUT2D eigenvalue weighted by Crippen LogP contribution is -2.48. The number of carboxylic acids is 1. The molecule has 45 heavy (non-hydrogen) atoms. The summed E-state index contributed by atoms with van der Waals surface area (Å²) in [5.41, 5.74) is 0. The van der Waals surface area contributed by atoms with Gasteiger partial charge in [0.15, 0.2) is 0 Å². The summed E-state index contributed by atoms with van der Waals surface area (Å²) in [6.45, 7) is 14.5. The SMILES string of the molecule is CCN1CCN(CC=O)CCN(CC(=O)O)CCN(CC(=O)NCCCCCC(=O)NCCCCC(C)C)CC1.CO.O=CO. The molecular weight excluding hydrogens is 584 g/mol. The minimum Gasteiger partial charge on any atom is -0.483 e. The molecule has 264 valence electrons. The largest absolute Gasteiger partial charge is 0.483 e. The number of nitrogens with zero attached hydrogens (tertiary/aromatic N) is 4. The maximum Gasteiger partial charge on any atom is 0.317 e. The maximum atomic E-state index is 12.7. The highest BCUT2D eigenvalue weighted by Crippen LogP contribution is 2.06. The highest BCUT2D eigenvalue weighted by Gasteiger charge is 2.18. The van der Waals surface area contributed by atoms with Crippen LogP contribution in [0.2, 0.25) is 0 Å². The molecule has 1 heterocycles. The molecule has 0 atom stereocenters. The number of aliphatic carboxylic acids is 1. The van der Waals surface area contributed by atoms with Gasteiger partial charge in [-0.1, -0.05) is 40.0 Å². The summed E-state index contributed by atoms with van der Waals surface area (Å²) in [6, 6.07) is 0. The molecule has 0 radical (unpaired) electrons. The van der Waals surface area contributed by atoms with Crippen molar-refractivity contribution in [1.82, 2.24) is 30.2 Å². The number of unbranched alkanes of at least 4 members (excludes halogenated alkanes) is 3. The van der Waals surface area contributed by atoms with Crippen molar-refractivity contribution in [2.75, 3.05) is 98.7 Å². The van der Waals surface area contributed by atoms with Gasteiger partial charge < -0.3 is 35.6 Å². The maximum absolute atomic E-state index is 12.7. The lowest BCUT2D eigenvalue weighted by atomic mass is 10.1. The topological polar surface area (TPSA) is 183 Å². The van der Waals surface area contributed by atoms with E-state index in [0.717, 1.165) is 78.2 Å². The first kappa shape index (κ1) is 44.5. The Morgan fingerprint density at radius 1 is 0.711 bits per heavy atom. The van der Waals surface area contributed by atoms with Crippen LogP contribution in [-0.2, 0) is 24.0 Å². The number of aliphatic hydroxyl groups is 1. The molecule has 1 saturated heterocycles. The fourth-order valence-electron chi connectivity index (χ4n) is 4.76. The fourth-order valence-corrected chi connectivity index (χ4v) is 4.76. The Bertz CT molecular complexity index is 774. The number of aliphatic hydroxyl groups excluding tert-OH is 1. The van der Waals surface area contributed by atoms with Crippen molar-refractivity contribution in [2.24, 2.45) is 5.92 Å². The zero-order chi connectivity index (χ0) is 34.3. The second-order valence-electron chi connectivity index (χ2n) is 11.4. The summed E-state index contributed by atoms with van der Waals surface area (Å²) in [4.78, 5) is 63.9. The molecule has 1 rings (SSSR count). The molecule has 0 aliphatic carbocycles. The Balaban J connectivity index is 0. The van der Waals surface area contributed by atoms with E-state index < -0.39 is 5.97 Å². The summed E-state index contributed by atoms with van der Waals surface area (Å²) in [7, 11) is 1.00. The van der Waals surface area contributed by atoms with Crippen LogP contribution in [0.3, 0.4) is 0 Å². The van der Waals surface area contributed by atoms with Gasteiger partial charge in [-0.15, -0.1) is 0 Å². The number of rotatable bonds is 18. The van der Waals surface area contributed by atoms with E-state index in [0.29, 0.717) is 58.2 Å². The fraction of sp³-hybridized carbons (Fsp3) is 0.839. The molecule has 0 aromatic carbocycles. The number of nitrogens with one attached hydrogen (secondary N) is 2. The number of amides is 2. The Labute approximate surface area is 270 Å². The summed E-state index contributed by atoms with van der Waals surface area (Å²) in [5, 5.41) is 29.2. The van der Waals surface area contributed by atoms with Crippen molar-refractivity contribution in [2.45, 2.75) is 65.7 Å².